The minimum absolute atomic E-state index is 0.280. The lowest BCUT2D eigenvalue weighted by Crippen LogP contribution is -2.51. The van der Waals surface area contributed by atoms with E-state index in [9.17, 15) is 4.79 Å². The molecule has 2 bridgehead atoms. The van der Waals surface area contributed by atoms with Gasteiger partial charge in [-0.25, -0.2) is 0 Å². The van der Waals surface area contributed by atoms with Gasteiger partial charge in [0.2, 0.25) is 5.91 Å². The third-order valence-electron chi connectivity index (χ3n) is 7.69. The molecule has 3 aliphatic carbocycles. The molecule has 166 valence electrons. The van der Waals surface area contributed by atoms with Gasteiger partial charge in [0.15, 0.2) is 0 Å². The first kappa shape index (κ1) is 22.8. The number of amides is 1. The highest BCUT2D eigenvalue weighted by Gasteiger charge is 2.51. The van der Waals surface area contributed by atoms with Gasteiger partial charge in [0.05, 0.1) is 0 Å². The second-order valence-electron chi connectivity index (χ2n) is 11.8. The highest BCUT2D eigenvalue weighted by atomic mass is 16.2. The Morgan fingerprint density at radius 3 is 2.59 bits per heavy atom. The molecule has 1 heterocycles. The number of hydrogen-bond acceptors (Lipinski definition) is 3. The van der Waals surface area contributed by atoms with Crippen LogP contribution in [-0.2, 0) is 4.79 Å². The molecule has 4 heteroatoms. The van der Waals surface area contributed by atoms with Crippen LogP contribution in [0.1, 0.15) is 67.2 Å². The lowest BCUT2D eigenvalue weighted by molar-refractivity contribution is -0.132. The molecule has 1 aliphatic heterocycles. The van der Waals surface area contributed by atoms with Crippen molar-refractivity contribution in [2.45, 2.75) is 67.2 Å². The first-order valence-corrected chi connectivity index (χ1v) is 12.0. The van der Waals surface area contributed by atoms with Gasteiger partial charge < -0.3 is 10.2 Å². The molecule has 0 aromatic heterocycles. The molecule has 4 aliphatic rings. The van der Waals surface area contributed by atoms with Crippen molar-refractivity contribution in [3.63, 3.8) is 0 Å². The van der Waals surface area contributed by atoms with Crippen LogP contribution in [0.4, 0.5) is 0 Å². The topological polar surface area (TPSA) is 35.6 Å². The van der Waals surface area contributed by atoms with Gasteiger partial charge in [-0.15, -0.1) is 0 Å². The van der Waals surface area contributed by atoms with Crippen LogP contribution in [0.5, 0.6) is 0 Å². The largest absolute Gasteiger partial charge is 0.337 e. The number of nitrogens with one attached hydrogen (secondary N) is 1. The van der Waals surface area contributed by atoms with Crippen molar-refractivity contribution in [2.75, 3.05) is 45.8 Å². The van der Waals surface area contributed by atoms with E-state index in [4.69, 9.17) is 0 Å². The summed E-state index contributed by atoms with van der Waals surface area (Å²) in [6.07, 6.45) is 6.79. The highest BCUT2D eigenvalue weighted by Crippen LogP contribution is 2.59. The monoisotopic (exact) mass is 403 g/mol. The summed E-state index contributed by atoms with van der Waals surface area (Å²) in [5.74, 6) is 2.34. The summed E-state index contributed by atoms with van der Waals surface area (Å²) >= 11 is 0. The quantitative estimate of drug-likeness (QED) is 0.618. The number of nitrogens with zero attached hydrogens (tertiary/aromatic N) is 2. The number of carbonyl (C=O) groups is 1. The van der Waals surface area contributed by atoms with Crippen LogP contribution in [0.3, 0.4) is 0 Å². The van der Waals surface area contributed by atoms with Gasteiger partial charge in [0.1, 0.15) is 0 Å². The Kier molecular flexibility index (Phi) is 7.15. The van der Waals surface area contributed by atoms with E-state index >= 15 is 0 Å². The first-order chi connectivity index (χ1) is 13.6. The molecule has 3 atom stereocenters. The fourth-order valence-corrected chi connectivity index (χ4v) is 5.91. The second-order valence-corrected chi connectivity index (χ2v) is 11.8. The number of allylic oxidation sites excluding steroid dienone is 1. The van der Waals surface area contributed by atoms with Crippen molar-refractivity contribution in [3.8, 4) is 0 Å². The Bertz CT molecular complexity index is 598. The summed E-state index contributed by atoms with van der Waals surface area (Å²) in [5, 5.41) is 3.43. The standard InChI is InChI=1S/C25H45N3O/c1-19(17-24(2,3)4)15-23(29)28(14-13-27-11-9-26-10-12-27)18-20-7-8-21-16-22(20)25(21,5)6/h7,19,21-22,26H,8-18H2,1-6H3. The van der Waals surface area contributed by atoms with Crippen LogP contribution in [-0.4, -0.2) is 61.5 Å². The minimum Gasteiger partial charge on any atom is -0.337 e. The van der Waals surface area contributed by atoms with Gasteiger partial charge in [-0.1, -0.05) is 53.2 Å². The Balaban J connectivity index is 1.62. The number of piperazine rings is 1. The lowest BCUT2D eigenvalue weighted by Gasteiger charge is -2.57. The van der Waals surface area contributed by atoms with E-state index in [2.05, 4.69) is 62.7 Å². The minimum atomic E-state index is 0.280. The summed E-state index contributed by atoms with van der Waals surface area (Å²) in [6.45, 7) is 21.0. The molecule has 1 N–H and O–H groups in total. The molecule has 0 spiro atoms. The number of fused-ring (bicyclic) bond motifs is 1. The van der Waals surface area contributed by atoms with Crippen LogP contribution in [0, 0.1) is 28.6 Å². The average Bonchev–Trinajstić information content (AvgIpc) is 2.64. The fourth-order valence-electron chi connectivity index (χ4n) is 5.91. The molecule has 1 amide bonds. The Labute approximate surface area is 179 Å². The van der Waals surface area contributed by atoms with Gasteiger partial charge in [-0.2, -0.15) is 0 Å². The summed E-state index contributed by atoms with van der Waals surface area (Å²) in [7, 11) is 0. The third-order valence-corrected chi connectivity index (χ3v) is 7.69. The molecular weight excluding hydrogens is 358 g/mol. The number of hydrogen-bond donors (Lipinski definition) is 1. The maximum Gasteiger partial charge on any atom is 0.223 e. The molecule has 4 rings (SSSR count). The summed E-state index contributed by atoms with van der Waals surface area (Å²) in [5.41, 5.74) is 2.24. The molecule has 29 heavy (non-hydrogen) atoms. The van der Waals surface area contributed by atoms with E-state index in [-0.39, 0.29) is 5.41 Å². The first-order valence-electron chi connectivity index (χ1n) is 12.0. The van der Waals surface area contributed by atoms with Crippen molar-refractivity contribution >= 4 is 5.91 Å². The molecule has 0 aromatic rings. The van der Waals surface area contributed by atoms with Crippen molar-refractivity contribution in [1.82, 2.24) is 15.1 Å². The van der Waals surface area contributed by atoms with E-state index in [0.717, 1.165) is 58.2 Å². The normalized spacial score (nSPS) is 27.7. The Morgan fingerprint density at radius 2 is 2.00 bits per heavy atom. The zero-order chi connectivity index (χ0) is 21.2. The van der Waals surface area contributed by atoms with E-state index in [1.165, 1.54) is 18.4 Å². The molecule has 0 radical (unpaired) electrons. The molecule has 2 fully saturated rings. The summed E-state index contributed by atoms with van der Waals surface area (Å²) < 4.78 is 0. The third kappa shape index (κ3) is 5.85. The molecule has 1 saturated heterocycles. The predicted octanol–water partition coefficient (Wildman–Crippen LogP) is 4.18. The van der Waals surface area contributed by atoms with Gasteiger partial charge in [0.25, 0.3) is 0 Å². The van der Waals surface area contributed by atoms with Crippen LogP contribution < -0.4 is 5.32 Å². The average molecular weight is 404 g/mol. The summed E-state index contributed by atoms with van der Waals surface area (Å²) in [4.78, 5) is 18.0. The van der Waals surface area contributed by atoms with Gasteiger partial charge in [0, 0.05) is 52.2 Å². The van der Waals surface area contributed by atoms with E-state index in [1.807, 2.05) is 0 Å². The van der Waals surface area contributed by atoms with Gasteiger partial charge in [-0.3, -0.25) is 9.69 Å². The van der Waals surface area contributed by atoms with Crippen LogP contribution >= 0.6 is 0 Å². The van der Waals surface area contributed by atoms with E-state index in [0.29, 0.717) is 29.6 Å². The maximum atomic E-state index is 13.3. The number of carbonyl (C=O) groups excluding carboxylic acids is 1. The zero-order valence-electron chi connectivity index (χ0n) is 19.9. The van der Waals surface area contributed by atoms with Gasteiger partial charge in [-0.05, 0) is 47.8 Å². The van der Waals surface area contributed by atoms with Crippen LogP contribution in [0.15, 0.2) is 11.6 Å². The van der Waals surface area contributed by atoms with Crippen molar-refractivity contribution < 1.29 is 4.79 Å². The van der Waals surface area contributed by atoms with Gasteiger partial charge >= 0.3 is 0 Å². The fraction of sp³-hybridized carbons (Fsp3) is 0.880. The number of rotatable bonds is 8. The molecular formula is C25H45N3O. The van der Waals surface area contributed by atoms with Crippen molar-refractivity contribution in [1.29, 1.82) is 0 Å². The maximum absolute atomic E-state index is 13.3. The Hall–Kier alpha value is -0.870. The van der Waals surface area contributed by atoms with E-state index < -0.39 is 0 Å². The smallest absolute Gasteiger partial charge is 0.223 e. The van der Waals surface area contributed by atoms with E-state index in [1.54, 1.807) is 0 Å². The Morgan fingerprint density at radius 1 is 1.31 bits per heavy atom. The van der Waals surface area contributed by atoms with Crippen molar-refractivity contribution in [3.05, 3.63) is 11.6 Å². The SMILES string of the molecule is CC(CC(=O)N(CCN1CCNCC1)CC1=CCC2CC1C2(C)C)CC(C)(C)C. The van der Waals surface area contributed by atoms with Crippen LogP contribution in [0.2, 0.25) is 0 Å². The molecule has 4 nitrogen and oxygen atoms in total. The summed E-state index contributed by atoms with van der Waals surface area (Å²) in [6, 6.07) is 0. The lowest BCUT2D eigenvalue weighted by atomic mass is 9.49. The molecule has 1 saturated carbocycles. The second kappa shape index (κ2) is 9.09. The van der Waals surface area contributed by atoms with Crippen LogP contribution in [0.25, 0.3) is 0 Å². The predicted molar refractivity (Wildman–Crippen MR) is 122 cm³/mol. The molecule has 0 aromatic carbocycles. The molecule has 3 unspecified atom stereocenters. The highest BCUT2D eigenvalue weighted by molar-refractivity contribution is 5.76. The zero-order valence-corrected chi connectivity index (χ0v) is 19.9. The van der Waals surface area contributed by atoms with Crippen molar-refractivity contribution in [2.24, 2.45) is 28.6 Å².